The van der Waals surface area contributed by atoms with Gasteiger partial charge in [0.15, 0.2) is 17.7 Å². The highest BCUT2D eigenvalue weighted by atomic mass is 19.1. The molecule has 0 aliphatic heterocycles. The van der Waals surface area contributed by atoms with Crippen LogP contribution in [0.15, 0.2) is 24.3 Å². The van der Waals surface area contributed by atoms with Crippen molar-refractivity contribution in [3.05, 3.63) is 30.1 Å². The van der Waals surface area contributed by atoms with Crippen molar-refractivity contribution >= 4 is 5.91 Å². The Labute approximate surface area is 115 Å². The van der Waals surface area contributed by atoms with Crippen molar-refractivity contribution in [2.24, 2.45) is 0 Å². The number of halogens is 1. The Morgan fingerprint density at radius 3 is 2.35 bits per heavy atom. The molecule has 0 aliphatic rings. The van der Waals surface area contributed by atoms with Crippen LogP contribution in [0, 0.1) is 5.82 Å². The first-order chi connectivity index (χ1) is 9.48. The van der Waals surface area contributed by atoms with Gasteiger partial charge >= 0.3 is 0 Å². The van der Waals surface area contributed by atoms with E-state index in [1.807, 2.05) is 0 Å². The molecule has 0 fully saturated rings. The van der Waals surface area contributed by atoms with Crippen molar-refractivity contribution < 1.29 is 29.2 Å². The number of para-hydroxylation sites is 1. The molecule has 1 unspecified atom stereocenters. The van der Waals surface area contributed by atoms with Crippen molar-refractivity contribution in [1.82, 2.24) is 5.32 Å². The minimum absolute atomic E-state index is 0.0854. The second-order valence-electron chi connectivity index (χ2n) is 4.43. The van der Waals surface area contributed by atoms with E-state index in [4.69, 9.17) is 20.1 Å². The Morgan fingerprint density at radius 1 is 1.30 bits per heavy atom. The number of carbonyl (C=O) groups excluding carboxylic acids is 1. The Bertz CT molecular complexity index is 442. The lowest BCUT2D eigenvalue weighted by atomic mass is 10.0. The largest absolute Gasteiger partial charge is 0.478 e. The van der Waals surface area contributed by atoms with Gasteiger partial charge in [0.05, 0.1) is 19.8 Å². The number of benzene rings is 1. The lowest BCUT2D eigenvalue weighted by Crippen LogP contribution is -2.59. The molecule has 0 aliphatic carbocycles. The summed E-state index contributed by atoms with van der Waals surface area (Å²) in [7, 11) is 0. The van der Waals surface area contributed by atoms with Crippen LogP contribution in [-0.4, -0.2) is 52.7 Å². The van der Waals surface area contributed by atoms with Gasteiger partial charge < -0.3 is 25.4 Å². The smallest absolute Gasteiger partial charge is 0.261 e. The van der Waals surface area contributed by atoms with Crippen LogP contribution in [0.25, 0.3) is 0 Å². The van der Waals surface area contributed by atoms with Crippen LogP contribution in [0.5, 0.6) is 5.75 Å². The van der Waals surface area contributed by atoms with Crippen LogP contribution in [0.3, 0.4) is 0 Å². The number of hydrogen-bond acceptors (Lipinski definition) is 5. The molecule has 20 heavy (non-hydrogen) atoms. The normalized spacial score (nSPS) is 12.8. The van der Waals surface area contributed by atoms with E-state index in [2.05, 4.69) is 5.32 Å². The molecule has 0 spiro atoms. The molecule has 1 aromatic carbocycles. The van der Waals surface area contributed by atoms with Crippen molar-refractivity contribution in [2.45, 2.75) is 18.6 Å². The number of ether oxygens (including phenoxy) is 1. The topological polar surface area (TPSA) is 99.0 Å². The molecule has 0 saturated heterocycles. The average Bonchev–Trinajstić information content (AvgIpc) is 2.47. The summed E-state index contributed by atoms with van der Waals surface area (Å²) in [5.41, 5.74) is -1.54. The predicted octanol–water partition coefficient (Wildman–Crippen LogP) is -0.575. The van der Waals surface area contributed by atoms with Gasteiger partial charge in [0.1, 0.15) is 5.54 Å². The first kappa shape index (κ1) is 16.4. The van der Waals surface area contributed by atoms with Gasteiger partial charge in [-0.3, -0.25) is 4.79 Å². The molecular formula is C13H18FNO5. The van der Waals surface area contributed by atoms with Crippen LogP contribution in [0.2, 0.25) is 0 Å². The fourth-order valence-corrected chi connectivity index (χ4v) is 1.42. The maximum absolute atomic E-state index is 13.4. The average molecular weight is 287 g/mol. The lowest BCUT2D eigenvalue weighted by Gasteiger charge is -2.30. The molecule has 1 amide bonds. The van der Waals surface area contributed by atoms with Gasteiger partial charge in [-0.25, -0.2) is 4.39 Å². The standard InChI is InChI=1S/C13H18FNO5/c1-9(20-11-5-3-2-4-10(11)14)12(19)15-13(6-16,7-17)8-18/h2-5,9,16-18H,6-8H2,1H3,(H,15,19). The minimum atomic E-state index is -1.54. The van der Waals surface area contributed by atoms with Crippen LogP contribution in [0.1, 0.15) is 6.92 Å². The SMILES string of the molecule is CC(Oc1ccccc1F)C(=O)NC(CO)(CO)CO. The zero-order chi connectivity index (χ0) is 15.2. The number of amides is 1. The Balaban J connectivity index is 2.70. The van der Waals surface area contributed by atoms with Crippen LogP contribution >= 0.6 is 0 Å². The minimum Gasteiger partial charge on any atom is -0.478 e. The monoisotopic (exact) mass is 287 g/mol. The molecule has 0 radical (unpaired) electrons. The van der Waals surface area contributed by atoms with Gasteiger partial charge in [-0.2, -0.15) is 0 Å². The predicted molar refractivity (Wildman–Crippen MR) is 68.6 cm³/mol. The molecular weight excluding hydrogens is 269 g/mol. The van der Waals surface area contributed by atoms with Crippen LogP contribution < -0.4 is 10.1 Å². The third-order valence-corrected chi connectivity index (χ3v) is 2.81. The maximum atomic E-state index is 13.4. The summed E-state index contributed by atoms with van der Waals surface area (Å²) >= 11 is 0. The highest BCUT2D eigenvalue weighted by molar-refractivity contribution is 5.81. The molecule has 1 rings (SSSR count). The van der Waals surface area contributed by atoms with Gasteiger partial charge in [-0.05, 0) is 19.1 Å². The summed E-state index contributed by atoms with van der Waals surface area (Å²) in [5.74, 6) is -1.38. The molecule has 0 bridgehead atoms. The number of aliphatic hydroxyl groups is 3. The third-order valence-electron chi connectivity index (χ3n) is 2.81. The van der Waals surface area contributed by atoms with Gasteiger partial charge in [-0.1, -0.05) is 12.1 Å². The Kier molecular flexibility index (Phi) is 5.87. The highest BCUT2D eigenvalue weighted by Gasteiger charge is 2.32. The quantitative estimate of drug-likeness (QED) is 0.538. The summed E-state index contributed by atoms with van der Waals surface area (Å²) in [6.45, 7) is -0.535. The van der Waals surface area contributed by atoms with Crippen molar-refractivity contribution in [1.29, 1.82) is 0 Å². The van der Waals surface area contributed by atoms with Crippen LogP contribution in [-0.2, 0) is 4.79 Å². The van der Waals surface area contributed by atoms with E-state index >= 15 is 0 Å². The summed E-state index contributed by atoms with van der Waals surface area (Å²) in [6.07, 6.45) is -1.06. The summed E-state index contributed by atoms with van der Waals surface area (Å²) in [4.78, 5) is 11.9. The Morgan fingerprint density at radius 2 is 1.85 bits per heavy atom. The second kappa shape index (κ2) is 7.18. The number of rotatable bonds is 7. The number of nitrogens with one attached hydrogen (secondary N) is 1. The first-order valence-corrected chi connectivity index (χ1v) is 6.04. The fraction of sp³-hybridized carbons (Fsp3) is 0.462. The zero-order valence-electron chi connectivity index (χ0n) is 11.0. The second-order valence-corrected chi connectivity index (χ2v) is 4.43. The number of carbonyl (C=O) groups is 1. The summed E-state index contributed by atoms with van der Waals surface area (Å²) < 4.78 is 18.5. The van der Waals surface area contributed by atoms with E-state index in [1.54, 1.807) is 6.07 Å². The van der Waals surface area contributed by atoms with E-state index in [0.717, 1.165) is 0 Å². The molecule has 1 aromatic rings. The molecule has 0 aromatic heterocycles. The van der Waals surface area contributed by atoms with Crippen molar-refractivity contribution in [2.75, 3.05) is 19.8 Å². The molecule has 4 N–H and O–H groups in total. The van der Waals surface area contributed by atoms with E-state index in [1.165, 1.54) is 25.1 Å². The van der Waals surface area contributed by atoms with Crippen molar-refractivity contribution in [3.63, 3.8) is 0 Å². The molecule has 6 nitrogen and oxygen atoms in total. The fourth-order valence-electron chi connectivity index (χ4n) is 1.42. The van der Waals surface area contributed by atoms with E-state index in [-0.39, 0.29) is 5.75 Å². The Hall–Kier alpha value is -1.70. The van der Waals surface area contributed by atoms with Crippen molar-refractivity contribution in [3.8, 4) is 5.75 Å². The van der Waals surface area contributed by atoms with E-state index in [0.29, 0.717) is 0 Å². The van der Waals surface area contributed by atoms with Crippen LogP contribution in [0.4, 0.5) is 4.39 Å². The van der Waals surface area contributed by atoms with Gasteiger partial charge in [0, 0.05) is 0 Å². The summed E-state index contributed by atoms with van der Waals surface area (Å²) in [6, 6.07) is 5.61. The lowest BCUT2D eigenvalue weighted by molar-refractivity contribution is -0.131. The third kappa shape index (κ3) is 3.89. The van der Waals surface area contributed by atoms with E-state index in [9.17, 15) is 9.18 Å². The van der Waals surface area contributed by atoms with Gasteiger partial charge in [0.25, 0.3) is 5.91 Å². The number of hydrogen-bond donors (Lipinski definition) is 4. The maximum Gasteiger partial charge on any atom is 0.261 e. The molecule has 0 saturated carbocycles. The molecule has 7 heteroatoms. The number of aliphatic hydroxyl groups excluding tert-OH is 3. The molecule has 112 valence electrons. The summed E-state index contributed by atoms with van der Waals surface area (Å²) in [5, 5.41) is 29.6. The van der Waals surface area contributed by atoms with Gasteiger partial charge in [0.2, 0.25) is 0 Å². The van der Waals surface area contributed by atoms with E-state index < -0.39 is 43.2 Å². The molecule has 1 atom stereocenters. The highest BCUT2D eigenvalue weighted by Crippen LogP contribution is 2.17. The zero-order valence-corrected chi connectivity index (χ0v) is 11.0. The first-order valence-electron chi connectivity index (χ1n) is 6.04. The van der Waals surface area contributed by atoms with Gasteiger partial charge in [-0.15, -0.1) is 0 Å². The molecule has 0 heterocycles.